The van der Waals surface area contributed by atoms with Gasteiger partial charge in [0.15, 0.2) is 5.60 Å². The number of hydrogen-bond acceptors (Lipinski definition) is 8. The summed E-state index contributed by atoms with van der Waals surface area (Å²) in [5.74, 6) is -2.40. The Morgan fingerprint density at radius 2 is 1.93 bits per heavy atom. The van der Waals surface area contributed by atoms with Crippen molar-refractivity contribution < 1.29 is 38.1 Å². The molecule has 6 rings (SSSR count). The minimum absolute atomic E-state index is 0.0637. The van der Waals surface area contributed by atoms with Gasteiger partial charge in [0.2, 0.25) is 0 Å². The summed E-state index contributed by atoms with van der Waals surface area (Å²) in [6, 6.07) is 1.72. The Hall–Kier alpha value is -2.35. The lowest BCUT2D eigenvalue weighted by molar-refractivity contribution is -0.289. The van der Waals surface area contributed by atoms with Gasteiger partial charge >= 0.3 is 17.9 Å². The maximum Gasteiger partial charge on any atom is 0.339 e. The molecule has 2 saturated carbocycles. The van der Waals surface area contributed by atoms with E-state index in [1.54, 1.807) is 6.07 Å². The summed E-state index contributed by atoms with van der Waals surface area (Å²) in [6.07, 6.45) is 3.67. The minimum Gasteiger partial charge on any atom is -0.472 e. The van der Waals surface area contributed by atoms with Crippen LogP contribution in [-0.4, -0.2) is 41.3 Å². The molecule has 4 bridgehead atoms. The van der Waals surface area contributed by atoms with Gasteiger partial charge in [0.1, 0.15) is 18.8 Å². The van der Waals surface area contributed by atoms with E-state index >= 15 is 0 Å². The van der Waals surface area contributed by atoms with Gasteiger partial charge in [-0.1, -0.05) is 0 Å². The van der Waals surface area contributed by atoms with Gasteiger partial charge in [0.25, 0.3) is 0 Å². The molecule has 5 aliphatic rings. The maximum atomic E-state index is 13.0. The molecule has 8 nitrogen and oxygen atoms in total. The number of hydrogen-bond donors (Lipinski definition) is 1. The summed E-state index contributed by atoms with van der Waals surface area (Å²) in [5, 5.41) is 11.5. The molecular formula is C20H20O8. The molecule has 3 aliphatic heterocycles. The predicted molar refractivity (Wildman–Crippen MR) is 88.3 cm³/mol. The average Bonchev–Trinajstić information content (AvgIpc) is 3.30. The van der Waals surface area contributed by atoms with Crippen LogP contribution < -0.4 is 0 Å². The van der Waals surface area contributed by atoms with Crippen molar-refractivity contribution >= 4 is 17.9 Å². The summed E-state index contributed by atoms with van der Waals surface area (Å²) in [7, 11) is 0. The zero-order valence-electron chi connectivity index (χ0n) is 15.1. The number of ether oxygens (including phenoxy) is 3. The van der Waals surface area contributed by atoms with Crippen molar-refractivity contribution in [2.24, 2.45) is 22.7 Å². The Bertz CT molecular complexity index is 892. The van der Waals surface area contributed by atoms with Gasteiger partial charge in [0, 0.05) is 12.0 Å². The molecule has 4 heterocycles. The lowest BCUT2D eigenvalue weighted by atomic mass is 9.40. The normalized spacial score (nSPS) is 48.8. The molecule has 7 unspecified atom stereocenters. The second-order valence-corrected chi connectivity index (χ2v) is 8.92. The predicted octanol–water partition coefficient (Wildman–Crippen LogP) is 1.27. The molecule has 1 spiro atoms. The maximum absolute atomic E-state index is 13.0. The third kappa shape index (κ3) is 1.65. The summed E-state index contributed by atoms with van der Waals surface area (Å²) in [4.78, 5) is 38.5. The molecule has 28 heavy (non-hydrogen) atoms. The van der Waals surface area contributed by atoms with Crippen LogP contribution in [0.4, 0.5) is 0 Å². The number of fused-ring (bicyclic) bond motifs is 2. The number of esters is 3. The molecular weight excluding hydrogens is 368 g/mol. The summed E-state index contributed by atoms with van der Waals surface area (Å²) in [5.41, 5.74) is -3.10. The summed E-state index contributed by atoms with van der Waals surface area (Å²) >= 11 is 0. The number of rotatable bonds is 1. The van der Waals surface area contributed by atoms with Crippen LogP contribution in [0.25, 0.3) is 0 Å². The van der Waals surface area contributed by atoms with Crippen molar-refractivity contribution in [3.05, 3.63) is 24.2 Å². The van der Waals surface area contributed by atoms with Crippen LogP contribution in [0, 0.1) is 22.7 Å². The van der Waals surface area contributed by atoms with Gasteiger partial charge < -0.3 is 23.7 Å². The third-order valence-electron chi connectivity index (χ3n) is 8.09. The van der Waals surface area contributed by atoms with Crippen molar-refractivity contribution in [3.63, 3.8) is 0 Å². The van der Waals surface area contributed by atoms with E-state index < -0.39 is 40.4 Å². The van der Waals surface area contributed by atoms with Crippen LogP contribution in [0.1, 0.15) is 43.8 Å². The van der Waals surface area contributed by atoms with E-state index in [1.165, 1.54) is 12.5 Å². The molecule has 148 valence electrons. The lowest BCUT2D eigenvalue weighted by Crippen LogP contribution is -2.75. The molecule has 2 aliphatic carbocycles. The van der Waals surface area contributed by atoms with E-state index in [4.69, 9.17) is 18.6 Å². The summed E-state index contributed by atoms with van der Waals surface area (Å²) < 4.78 is 21.8. The highest BCUT2D eigenvalue weighted by molar-refractivity contribution is 5.90. The quantitative estimate of drug-likeness (QED) is 0.565. The van der Waals surface area contributed by atoms with Gasteiger partial charge in [-0.3, -0.25) is 9.59 Å². The highest BCUT2D eigenvalue weighted by Crippen LogP contribution is 2.70. The molecule has 0 aromatic carbocycles. The van der Waals surface area contributed by atoms with Crippen molar-refractivity contribution in [2.75, 3.05) is 6.61 Å². The first-order valence-electron chi connectivity index (χ1n) is 9.74. The number of carbonyl (C=O) groups is 3. The van der Waals surface area contributed by atoms with Gasteiger partial charge in [-0.15, -0.1) is 0 Å². The number of furan rings is 1. The highest BCUT2D eigenvalue weighted by Gasteiger charge is 2.79. The van der Waals surface area contributed by atoms with Crippen LogP contribution in [0.5, 0.6) is 0 Å². The van der Waals surface area contributed by atoms with E-state index in [0.717, 1.165) is 0 Å². The smallest absolute Gasteiger partial charge is 0.339 e. The van der Waals surface area contributed by atoms with Gasteiger partial charge in [-0.05, 0) is 37.7 Å². The minimum atomic E-state index is -1.75. The fourth-order valence-corrected chi connectivity index (χ4v) is 6.78. The molecule has 7 atom stereocenters. The standard InChI is InChI=1S/C20H20O8/c21-15-12-5-11(27-15)6-14-18-7-13(10-1-4-25-8-10)28-17(23)20(18,24)3-2-19(12,14)16(22)26-9-18/h1,4,8,11-14,24H,2-3,5-7,9H2. The van der Waals surface area contributed by atoms with Crippen molar-refractivity contribution in [3.8, 4) is 0 Å². The Morgan fingerprint density at radius 3 is 2.71 bits per heavy atom. The molecule has 5 fully saturated rings. The fourth-order valence-electron chi connectivity index (χ4n) is 6.78. The molecule has 0 radical (unpaired) electrons. The lowest BCUT2D eigenvalue weighted by Gasteiger charge is -2.65. The first kappa shape index (κ1) is 16.6. The van der Waals surface area contributed by atoms with E-state index in [9.17, 15) is 19.5 Å². The molecule has 1 aromatic heterocycles. The summed E-state index contributed by atoms with van der Waals surface area (Å²) in [6.45, 7) is -0.0637. The number of carbonyl (C=O) groups excluding carboxylic acids is 3. The fraction of sp³-hybridized carbons (Fsp3) is 0.650. The average molecular weight is 388 g/mol. The van der Waals surface area contributed by atoms with Crippen LogP contribution in [0.2, 0.25) is 0 Å². The van der Waals surface area contributed by atoms with Crippen molar-refractivity contribution in [1.82, 2.24) is 0 Å². The van der Waals surface area contributed by atoms with Crippen LogP contribution in [0.15, 0.2) is 23.0 Å². The molecule has 8 heteroatoms. The second-order valence-electron chi connectivity index (χ2n) is 8.92. The van der Waals surface area contributed by atoms with Crippen molar-refractivity contribution in [2.45, 2.75) is 49.9 Å². The topological polar surface area (TPSA) is 112 Å². The molecule has 3 saturated heterocycles. The Labute approximate surface area is 160 Å². The van der Waals surface area contributed by atoms with Crippen molar-refractivity contribution in [1.29, 1.82) is 0 Å². The van der Waals surface area contributed by atoms with E-state index in [0.29, 0.717) is 24.8 Å². The van der Waals surface area contributed by atoms with Gasteiger partial charge in [0.05, 0.1) is 29.3 Å². The second kappa shape index (κ2) is 4.97. The van der Waals surface area contributed by atoms with Crippen LogP contribution >= 0.6 is 0 Å². The molecule has 0 amide bonds. The zero-order chi connectivity index (χ0) is 19.3. The Balaban J connectivity index is 1.52. The number of cyclic esters (lactones) is 2. The van der Waals surface area contributed by atoms with E-state index in [2.05, 4.69) is 0 Å². The Kier molecular flexibility index (Phi) is 2.95. The highest BCUT2D eigenvalue weighted by atomic mass is 16.6. The SMILES string of the molecule is O=C1OC2CC1C13CCC4(O)C(=O)OC(c5ccoc5)CC4(COC1=O)C3C2. The number of aliphatic hydroxyl groups is 1. The third-order valence-corrected chi connectivity index (χ3v) is 8.09. The largest absolute Gasteiger partial charge is 0.472 e. The van der Waals surface area contributed by atoms with E-state index in [-0.39, 0.29) is 37.4 Å². The molecule has 1 aromatic rings. The zero-order valence-corrected chi connectivity index (χ0v) is 15.1. The first-order chi connectivity index (χ1) is 13.4. The molecule has 1 N–H and O–H groups in total. The van der Waals surface area contributed by atoms with Gasteiger partial charge in [-0.2, -0.15) is 0 Å². The van der Waals surface area contributed by atoms with Crippen LogP contribution in [0.3, 0.4) is 0 Å². The first-order valence-corrected chi connectivity index (χ1v) is 9.74. The van der Waals surface area contributed by atoms with Gasteiger partial charge in [-0.25, -0.2) is 4.79 Å². The van der Waals surface area contributed by atoms with E-state index in [1.807, 2.05) is 0 Å². The Morgan fingerprint density at radius 1 is 1.07 bits per heavy atom. The van der Waals surface area contributed by atoms with Crippen LogP contribution in [-0.2, 0) is 28.6 Å². The monoisotopic (exact) mass is 388 g/mol.